The van der Waals surface area contributed by atoms with Gasteiger partial charge in [0.25, 0.3) is 0 Å². The fraction of sp³-hybridized carbons (Fsp3) is 0. The summed E-state index contributed by atoms with van der Waals surface area (Å²) in [5.41, 5.74) is 0. The lowest BCUT2D eigenvalue weighted by Gasteiger charge is -2.05. The van der Waals surface area contributed by atoms with Gasteiger partial charge in [0.2, 0.25) is 0 Å². The van der Waals surface area contributed by atoms with Gasteiger partial charge in [-0.25, -0.2) is 4.79 Å². The fourth-order valence-corrected chi connectivity index (χ4v) is 2.58. The third-order valence-electron chi connectivity index (χ3n) is 2.17. The zero-order valence-corrected chi connectivity index (χ0v) is 11.7. The predicted octanol–water partition coefficient (Wildman–Crippen LogP) is 4.54. The Morgan fingerprint density at radius 1 is 0.895 bits per heavy atom. The average Bonchev–Trinajstić information content (AvgIpc) is 2.47. The van der Waals surface area contributed by atoms with Crippen LogP contribution in [0, 0.1) is 0 Å². The van der Waals surface area contributed by atoms with E-state index >= 15 is 0 Å². The molecular formula is C15H12O2S2. The molecule has 4 heteroatoms. The topological polar surface area (TPSA) is 26.3 Å². The molecule has 0 aromatic heterocycles. The van der Waals surface area contributed by atoms with Gasteiger partial charge in [-0.3, -0.25) is 0 Å². The van der Waals surface area contributed by atoms with Crippen molar-refractivity contribution in [2.75, 3.05) is 0 Å². The van der Waals surface area contributed by atoms with Crippen molar-refractivity contribution in [3.05, 3.63) is 72.1 Å². The molecule has 0 atom stereocenters. The van der Waals surface area contributed by atoms with Crippen molar-refractivity contribution < 1.29 is 8.98 Å². The second-order valence-electron chi connectivity index (χ2n) is 3.61. The van der Waals surface area contributed by atoms with Crippen LogP contribution in [0.2, 0.25) is 0 Å². The van der Waals surface area contributed by atoms with Crippen molar-refractivity contribution in [1.29, 1.82) is 0 Å². The van der Waals surface area contributed by atoms with E-state index in [1.165, 1.54) is 11.8 Å². The van der Waals surface area contributed by atoms with E-state index in [1.807, 2.05) is 60.7 Å². The maximum Gasteiger partial charge on any atom is 0.356 e. The molecule has 96 valence electrons. The summed E-state index contributed by atoms with van der Waals surface area (Å²) in [7, 11) is 0. The van der Waals surface area contributed by atoms with Gasteiger partial charge in [-0.05, 0) is 24.3 Å². The van der Waals surface area contributed by atoms with Gasteiger partial charge in [-0.2, -0.15) is 0 Å². The summed E-state index contributed by atoms with van der Waals surface area (Å²) in [6.45, 7) is 3.74. The largest absolute Gasteiger partial charge is 0.382 e. The minimum atomic E-state index is -0.414. The monoisotopic (exact) mass is 288 g/mol. The van der Waals surface area contributed by atoms with Crippen LogP contribution in [-0.4, -0.2) is 5.97 Å². The highest BCUT2D eigenvalue weighted by atomic mass is 32.2. The van der Waals surface area contributed by atoms with E-state index in [2.05, 4.69) is 6.58 Å². The number of carbonyl (C=O) groups excluding carboxylic acids is 1. The molecule has 0 spiro atoms. The molecule has 19 heavy (non-hydrogen) atoms. The van der Waals surface area contributed by atoms with E-state index in [-0.39, 0.29) is 0 Å². The van der Waals surface area contributed by atoms with Crippen molar-refractivity contribution in [2.24, 2.45) is 0 Å². The van der Waals surface area contributed by atoms with E-state index in [0.717, 1.165) is 21.8 Å². The van der Waals surface area contributed by atoms with Crippen LogP contribution in [-0.2, 0) is 8.98 Å². The summed E-state index contributed by atoms with van der Waals surface area (Å²) in [6.07, 6.45) is 0. The molecule has 0 unspecified atom stereocenters. The highest BCUT2D eigenvalue weighted by molar-refractivity contribution is 8.04. The van der Waals surface area contributed by atoms with Crippen LogP contribution < -0.4 is 0 Å². The lowest BCUT2D eigenvalue weighted by atomic mass is 10.4. The van der Waals surface area contributed by atoms with Gasteiger partial charge < -0.3 is 4.18 Å². The van der Waals surface area contributed by atoms with E-state index in [4.69, 9.17) is 4.18 Å². The van der Waals surface area contributed by atoms with Crippen LogP contribution in [0.4, 0.5) is 0 Å². The van der Waals surface area contributed by atoms with Gasteiger partial charge in [0.1, 0.15) is 0 Å². The Kier molecular flexibility index (Phi) is 5.12. The van der Waals surface area contributed by atoms with E-state index in [9.17, 15) is 4.79 Å². The normalized spacial score (nSPS) is 9.89. The molecule has 0 aliphatic rings. The summed E-state index contributed by atoms with van der Waals surface area (Å²) in [5, 5.41) is 0. The quantitative estimate of drug-likeness (QED) is 0.458. The fourth-order valence-electron chi connectivity index (χ4n) is 1.28. The minimum Gasteiger partial charge on any atom is -0.382 e. The zero-order chi connectivity index (χ0) is 13.5. The first-order valence-electron chi connectivity index (χ1n) is 5.61. The van der Waals surface area contributed by atoms with Crippen molar-refractivity contribution >= 4 is 29.8 Å². The van der Waals surface area contributed by atoms with Gasteiger partial charge >= 0.3 is 5.97 Å². The average molecular weight is 288 g/mol. The Hall–Kier alpha value is -1.65. The Morgan fingerprint density at radius 2 is 1.42 bits per heavy atom. The van der Waals surface area contributed by atoms with Crippen molar-refractivity contribution in [3.8, 4) is 0 Å². The first kappa shape index (κ1) is 13.8. The first-order valence-corrected chi connectivity index (χ1v) is 7.17. The Bertz CT molecular complexity index is 553. The molecule has 2 rings (SSSR count). The highest BCUT2D eigenvalue weighted by Crippen LogP contribution is 2.28. The van der Waals surface area contributed by atoms with Crippen LogP contribution in [0.5, 0.6) is 0 Å². The summed E-state index contributed by atoms with van der Waals surface area (Å²) in [5.74, 6) is -0.414. The highest BCUT2D eigenvalue weighted by Gasteiger charge is 2.11. The molecule has 2 nitrogen and oxygen atoms in total. The van der Waals surface area contributed by atoms with Crippen molar-refractivity contribution in [1.82, 2.24) is 0 Å². The third-order valence-corrected chi connectivity index (χ3v) is 3.79. The number of hydrogen-bond donors (Lipinski definition) is 0. The Labute approximate surface area is 121 Å². The van der Waals surface area contributed by atoms with E-state index < -0.39 is 5.97 Å². The molecule has 0 amide bonds. The summed E-state index contributed by atoms with van der Waals surface area (Å²) < 4.78 is 5.12. The van der Waals surface area contributed by atoms with Crippen LogP contribution in [0.15, 0.2) is 81.9 Å². The molecule has 2 aromatic carbocycles. The smallest absolute Gasteiger partial charge is 0.356 e. The number of carbonyl (C=O) groups is 1. The maximum absolute atomic E-state index is 11.8. The minimum absolute atomic E-state index is 0.370. The molecule has 0 aliphatic heterocycles. The van der Waals surface area contributed by atoms with Gasteiger partial charge in [0, 0.05) is 9.79 Å². The molecule has 0 radical (unpaired) electrons. The summed E-state index contributed by atoms with van der Waals surface area (Å²) in [6, 6.07) is 19.1. The van der Waals surface area contributed by atoms with Crippen LogP contribution >= 0.6 is 23.8 Å². The molecule has 0 N–H and O–H groups in total. The summed E-state index contributed by atoms with van der Waals surface area (Å²) >= 11 is 2.35. The van der Waals surface area contributed by atoms with Crippen molar-refractivity contribution in [2.45, 2.75) is 9.79 Å². The Morgan fingerprint density at radius 3 is 2.00 bits per heavy atom. The lowest BCUT2D eigenvalue weighted by Crippen LogP contribution is -1.99. The molecule has 0 bridgehead atoms. The molecule has 0 heterocycles. The molecular weight excluding hydrogens is 276 g/mol. The first-order chi connectivity index (χ1) is 9.25. The van der Waals surface area contributed by atoms with Crippen LogP contribution in [0.3, 0.4) is 0 Å². The van der Waals surface area contributed by atoms with Crippen molar-refractivity contribution in [3.63, 3.8) is 0 Å². The molecule has 2 aromatic rings. The second-order valence-corrected chi connectivity index (χ2v) is 5.58. The molecule has 0 saturated heterocycles. The van der Waals surface area contributed by atoms with Crippen LogP contribution in [0.1, 0.15) is 0 Å². The maximum atomic E-state index is 11.8. The number of benzene rings is 2. The van der Waals surface area contributed by atoms with Crippen LogP contribution in [0.25, 0.3) is 0 Å². The number of hydrogen-bond acceptors (Lipinski definition) is 4. The summed E-state index contributed by atoms with van der Waals surface area (Å²) in [4.78, 5) is 14.0. The van der Waals surface area contributed by atoms with Gasteiger partial charge in [0.15, 0.2) is 0 Å². The second kappa shape index (κ2) is 7.07. The number of thioether (sulfide) groups is 1. The SMILES string of the molecule is C=C(Sc1ccccc1)C(=O)OSc1ccccc1. The zero-order valence-electron chi connectivity index (χ0n) is 10.1. The van der Waals surface area contributed by atoms with E-state index in [1.54, 1.807) is 0 Å². The molecule has 0 fully saturated rings. The standard InChI is InChI=1S/C15H12O2S2/c1-12(18-13-8-4-2-5-9-13)15(16)17-19-14-10-6-3-7-11-14/h2-11H,1H2. The predicted molar refractivity (Wildman–Crippen MR) is 79.8 cm³/mol. The molecule has 0 saturated carbocycles. The van der Waals surface area contributed by atoms with Gasteiger partial charge in [-0.1, -0.05) is 54.7 Å². The molecule has 0 aliphatic carbocycles. The number of rotatable bonds is 5. The lowest BCUT2D eigenvalue weighted by molar-refractivity contribution is -0.128. The van der Waals surface area contributed by atoms with Gasteiger partial charge in [0.05, 0.1) is 16.9 Å². The Balaban J connectivity index is 1.85. The van der Waals surface area contributed by atoms with E-state index in [0.29, 0.717) is 4.91 Å². The van der Waals surface area contributed by atoms with Gasteiger partial charge in [-0.15, -0.1) is 0 Å². The third kappa shape index (κ3) is 4.50.